The summed E-state index contributed by atoms with van der Waals surface area (Å²) in [4.78, 5) is 0. The lowest BCUT2D eigenvalue weighted by Gasteiger charge is -2.12. The van der Waals surface area contributed by atoms with Gasteiger partial charge in [-0.3, -0.25) is 0 Å². The molecular weight excluding hydrogens is 328 g/mol. The number of rotatable bonds is 3. The van der Waals surface area contributed by atoms with E-state index in [0.717, 1.165) is 56.5 Å². The van der Waals surface area contributed by atoms with E-state index in [1.54, 1.807) is 0 Å². The molecule has 1 fully saturated rings. The van der Waals surface area contributed by atoms with E-state index in [9.17, 15) is 0 Å². The predicted molar refractivity (Wildman–Crippen MR) is 100 cm³/mol. The van der Waals surface area contributed by atoms with E-state index in [-0.39, 0.29) is 0 Å². The van der Waals surface area contributed by atoms with Crippen LogP contribution in [0.3, 0.4) is 0 Å². The Labute approximate surface area is 151 Å². The van der Waals surface area contributed by atoms with Gasteiger partial charge in [0.15, 0.2) is 0 Å². The summed E-state index contributed by atoms with van der Waals surface area (Å²) in [5.74, 6) is 2.36. The molecule has 6 nitrogen and oxygen atoms in total. The summed E-state index contributed by atoms with van der Waals surface area (Å²) in [6.07, 6.45) is 2.84. The molecule has 1 aromatic carbocycles. The molecule has 26 heavy (non-hydrogen) atoms. The normalized spacial score (nSPS) is 18.5. The third kappa shape index (κ3) is 2.25. The molecule has 1 unspecified atom stereocenters. The number of fused-ring (bicyclic) bond motifs is 1. The highest BCUT2D eigenvalue weighted by atomic mass is 16.5. The lowest BCUT2D eigenvalue weighted by Crippen LogP contribution is -2.24. The van der Waals surface area contributed by atoms with Gasteiger partial charge in [0.1, 0.15) is 11.5 Å². The molecule has 2 aromatic heterocycles. The lowest BCUT2D eigenvalue weighted by molar-refractivity contribution is 0.393. The average molecular weight is 350 g/mol. The smallest absolute Gasteiger partial charge is 0.141 e. The number of anilines is 2. The van der Waals surface area contributed by atoms with Gasteiger partial charge < -0.3 is 19.7 Å². The zero-order valence-corrected chi connectivity index (χ0v) is 15.4. The van der Waals surface area contributed by atoms with Crippen molar-refractivity contribution in [1.29, 1.82) is 0 Å². The Balaban J connectivity index is 1.73. The highest BCUT2D eigenvalue weighted by molar-refractivity contribution is 5.95. The number of benzene rings is 1. The minimum atomic E-state index is 0.296. The molecule has 0 amide bonds. The molecule has 0 bridgehead atoms. The van der Waals surface area contributed by atoms with Gasteiger partial charge in [-0.2, -0.15) is 0 Å². The largest absolute Gasteiger partial charge is 0.363 e. The van der Waals surface area contributed by atoms with Crippen LogP contribution in [0.5, 0.6) is 0 Å². The molecule has 3 aromatic rings. The highest BCUT2D eigenvalue weighted by Crippen LogP contribution is 2.48. The molecule has 0 radical (unpaired) electrons. The van der Waals surface area contributed by atoms with Crippen LogP contribution in [-0.2, 0) is 0 Å². The number of aryl methyl sites for hydroxylation is 4. The molecule has 1 aliphatic carbocycles. The quantitative estimate of drug-likeness (QED) is 0.706. The molecule has 134 valence electrons. The molecule has 1 atom stereocenters. The van der Waals surface area contributed by atoms with Crippen molar-refractivity contribution >= 4 is 11.4 Å². The molecule has 1 saturated carbocycles. The fourth-order valence-corrected chi connectivity index (χ4v) is 4.04. The van der Waals surface area contributed by atoms with Crippen LogP contribution in [0.4, 0.5) is 11.4 Å². The number of hydrogen-bond donors (Lipinski definition) is 2. The third-order valence-electron chi connectivity index (χ3n) is 5.47. The van der Waals surface area contributed by atoms with Gasteiger partial charge in [-0.15, -0.1) is 0 Å². The minimum Gasteiger partial charge on any atom is -0.363 e. The Kier molecular flexibility index (Phi) is 3.20. The Morgan fingerprint density at radius 3 is 2.12 bits per heavy atom. The van der Waals surface area contributed by atoms with Crippen LogP contribution in [0.15, 0.2) is 21.2 Å². The number of nitrogens with zero attached hydrogens (tertiary/aromatic N) is 2. The van der Waals surface area contributed by atoms with Crippen molar-refractivity contribution in [3.8, 4) is 22.3 Å². The van der Waals surface area contributed by atoms with E-state index < -0.39 is 0 Å². The maximum absolute atomic E-state index is 5.45. The van der Waals surface area contributed by atoms with Gasteiger partial charge in [-0.1, -0.05) is 10.3 Å². The molecule has 2 N–H and O–H groups in total. The average Bonchev–Trinajstić information content (AvgIpc) is 3.17. The Morgan fingerprint density at radius 2 is 1.54 bits per heavy atom. The zero-order valence-electron chi connectivity index (χ0n) is 15.4. The molecule has 3 heterocycles. The van der Waals surface area contributed by atoms with E-state index in [4.69, 9.17) is 9.05 Å². The maximum Gasteiger partial charge on any atom is 0.141 e. The molecule has 2 aliphatic rings. The topological polar surface area (TPSA) is 76.1 Å². The maximum atomic E-state index is 5.45. The molecule has 0 spiro atoms. The molecule has 1 aliphatic heterocycles. The van der Waals surface area contributed by atoms with Crippen molar-refractivity contribution in [1.82, 2.24) is 10.3 Å². The summed E-state index contributed by atoms with van der Waals surface area (Å²) in [6.45, 7) is 7.89. The first kappa shape index (κ1) is 15.5. The van der Waals surface area contributed by atoms with E-state index >= 15 is 0 Å². The van der Waals surface area contributed by atoms with Crippen molar-refractivity contribution < 1.29 is 9.05 Å². The molecular formula is C20H22N4O2. The standard InChI is InChI=1S/C20H22N4O2/c1-9-17(11(3)25-23-9)14-7-15(18-10(2)24-26-12(18)4)19-16(8-14)21-20(22-19)13-5-6-13/h7-8,13,20-22H,5-6H2,1-4H3. The summed E-state index contributed by atoms with van der Waals surface area (Å²) in [5, 5.41) is 15.6. The van der Waals surface area contributed by atoms with Crippen LogP contribution in [0.25, 0.3) is 22.3 Å². The Hall–Kier alpha value is -2.76. The van der Waals surface area contributed by atoms with E-state index in [1.807, 2.05) is 27.7 Å². The van der Waals surface area contributed by atoms with Gasteiger partial charge in [0.2, 0.25) is 0 Å². The van der Waals surface area contributed by atoms with Gasteiger partial charge in [0, 0.05) is 16.7 Å². The van der Waals surface area contributed by atoms with Crippen molar-refractivity contribution in [3.63, 3.8) is 0 Å². The highest BCUT2D eigenvalue weighted by Gasteiger charge is 2.37. The van der Waals surface area contributed by atoms with E-state index in [2.05, 4.69) is 33.1 Å². The second kappa shape index (κ2) is 5.37. The predicted octanol–water partition coefficient (Wildman–Crippen LogP) is 4.80. The van der Waals surface area contributed by atoms with Crippen molar-refractivity contribution in [2.75, 3.05) is 10.6 Å². The van der Waals surface area contributed by atoms with Crippen molar-refractivity contribution in [3.05, 3.63) is 35.0 Å². The summed E-state index contributed by atoms with van der Waals surface area (Å²) < 4.78 is 10.8. The number of aromatic nitrogens is 2. The van der Waals surface area contributed by atoms with Gasteiger partial charge >= 0.3 is 0 Å². The second-order valence-corrected chi connectivity index (χ2v) is 7.45. The zero-order chi connectivity index (χ0) is 18.0. The first-order valence-corrected chi connectivity index (χ1v) is 9.10. The molecule has 5 rings (SSSR count). The first-order valence-electron chi connectivity index (χ1n) is 9.10. The van der Waals surface area contributed by atoms with Gasteiger partial charge in [-0.05, 0) is 64.2 Å². The summed E-state index contributed by atoms with van der Waals surface area (Å²) in [6, 6.07) is 4.39. The number of nitrogens with one attached hydrogen (secondary N) is 2. The van der Waals surface area contributed by atoms with Gasteiger partial charge in [-0.25, -0.2) is 0 Å². The second-order valence-electron chi connectivity index (χ2n) is 7.45. The van der Waals surface area contributed by atoms with Crippen LogP contribution >= 0.6 is 0 Å². The van der Waals surface area contributed by atoms with E-state index in [0.29, 0.717) is 12.1 Å². The van der Waals surface area contributed by atoms with Gasteiger partial charge in [0.25, 0.3) is 0 Å². The molecule has 6 heteroatoms. The SMILES string of the molecule is Cc1noc(C)c1-c1cc2c(c(-c3c(C)noc3C)c1)NC(C1CC1)N2. The van der Waals surface area contributed by atoms with Crippen LogP contribution in [0.1, 0.15) is 35.7 Å². The van der Waals surface area contributed by atoms with Gasteiger partial charge in [0.05, 0.1) is 28.9 Å². The fraction of sp³-hybridized carbons (Fsp3) is 0.400. The first-order chi connectivity index (χ1) is 12.5. The lowest BCUT2D eigenvalue weighted by atomic mass is 9.95. The van der Waals surface area contributed by atoms with E-state index in [1.165, 1.54) is 12.8 Å². The Bertz CT molecular complexity index is 974. The van der Waals surface area contributed by atoms with Crippen LogP contribution in [0, 0.1) is 33.6 Å². The monoisotopic (exact) mass is 350 g/mol. The molecule has 0 saturated heterocycles. The van der Waals surface area contributed by atoms with Crippen molar-refractivity contribution in [2.24, 2.45) is 5.92 Å². The summed E-state index contributed by atoms with van der Waals surface area (Å²) in [7, 11) is 0. The Morgan fingerprint density at radius 1 is 0.885 bits per heavy atom. The van der Waals surface area contributed by atoms with Crippen LogP contribution in [-0.4, -0.2) is 16.5 Å². The van der Waals surface area contributed by atoms with Crippen molar-refractivity contribution in [2.45, 2.75) is 46.7 Å². The third-order valence-corrected chi connectivity index (χ3v) is 5.47. The minimum absolute atomic E-state index is 0.296. The fourth-order valence-electron chi connectivity index (χ4n) is 4.04. The number of hydrogen-bond acceptors (Lipinski definition) is 6. The van der Waals surface area contributed by atoms with Crippen LogP contribution < -0.4 is 10.6 Å². The van der Waals surface area contributed by atoms with Crippen LogP contribution in [0.2, 0.25) is 0 Å². The summed E-state index contributed by atoms with van der Waals surface area (Å²) in [5.41, 5.74) is 8.37. The summed E-state index contributed by atoms with van der Waals surface area (Å²) >= 11 is 0.